The van der Waals surface area contributed by atoms with Crippen molar-refractivity contribution in [2.45, 2.75) is 80.5 Å². The van der Waals surface area contributed by atoms with Crippen molar-refractivity contribution in [1.82, 2.24) is 9.13 Å². The Labute approximate surface area is 599 Å². The van der Waals surface area contributed by atoms with E-state index in [2.05, 4.69) is 42.7 Å². The van der Waals surface area contributed by atoms with Gasteiger partial charge in [-0.3, -0.25) is 0 Å². The lowest BCUT2D eigenvalue weighted by Gasteiger charge is -2.46. The van der Waals surface area contributed by atoms with Gasteiger partial charge in [0.05, 0.1) is 55.4 Å². The van der Waals surface area contributed by atoms with Gasteiger partial charge in [0.15, 0.2) is 0 Å². The Morgan fingerprint density at radius 3 is 0.928 bits per heavy atom. The molecule has 17 rings (SSSR count). The molecular weight excluding hydrogens is 1170 g/mol. The molecule has 5 heteroatoms. The lowest BCUT2D eigenvalue weighted by Crippen LogP contribution is -2.61. The average molecular weight is 1270 g/mol. The van der Waals surface area contributed by atoms with E-state index >= 15 is 0 Å². The van der Waals surface area contributed by atoms with Crippen LogP contribution in [0.15, 0.2) is 291 Å². The predicted molar refractivity (Wildman–Crippen MR) is 416 cm³/mol. The van der Waals surface area contributed by atoms with Gasteiger partial charge in [0.1, 0.15) is 0 Å². The maximum atomic E-state index is 10.2. The van der Waals surface area contributed by atoms with Crippen molar-refractivity contribution in [3.8, 4) is 55.9 Å². The Balaban J connectivity index is 1.12. The molecule has 0 saturated carbocycles. The number of anilines is 6. The molecular formula is C92H79BN4. The maximum absolute atomic E-state index is 10.2. The van der Waals surface area contributed by atoms with Crippen LogP contribution in [0.1, 0.15) is 106 Å². The fourth-order valence-corrected chi connectivity index (χ4v) is 14.6. The van der Waals surface area contributed by atoms with Crippen LogP contribution in [0.2, 0.25) is 0 Å². The van der Waals surface area contributed by atoms with Gasteiger partial charge in [0, 0.05) is 83.4 Å². The first-order valence-corrected chi connectivity index (χ1v) is 32.9. The van der Waals surface area contributed by atoms with Crippen LogP contribution >= 0.6 is 0 Å². The molecule has 0 unspecified atom stereocenters. The standard InChI is InChI=1S/C92H79BN4/c1-90(2,3)58-60-50-73(62-30-14-10-15-31-62)88(74(51-60)63-32-16-11-17-33-63)96-83-56-67(94-79-42-26-22-38-69(79)70-39-23-27-43-80(70)94)46-48-77(83)93-78-49-47-68(95-81-44-28-24-40-71(81)72-41-25-29-45-82(72)95)57-84(78)97(86-55-66(92(7,8)9)54-85(96)87(86)93)89-75(64-34-18-12-19-35-64)52-61(59-91(4,5)6)53-76(89)65-36-20-13-21-37-65/h10-57H,58-59H2,1-9H3/i22D,23D,24D,25D,26D,27D,28D,29D,38D,39D,40D,41D,42D,43D,44D,45D,58D2,59D2. The van der Waals surface area contributed by atoms with Crippen LogP contribution in [0.3, 0.4) is 0 Å². The van der Waals surface area contributed by atoms with E-state index in [1.807, 2.05) is 211 Å². The third-order valence-corrected chi connectivity index (χ3v) is 18.5. The van der Waals surface area contributed by atoms with Crippen molar-refractivity contribution in [1.29, 1.82) is 0 Å². The van der Waals surface area contributed by atoms with Crippen LogP contribution in [0, 0.1) is 10.8 Å². The minimum Gasteiger partial charge on any atom is -0.310 e. The summed E-state index contributed by atoms with van der Waals surface area (Å²) in [5.74, 6) is 0. The van der Waals surface area contributed by atoms with E-state index in [9.17, 15) is 21.9 Å². The molecule has 0 N–H and O–H groups in total. The first-order valence-electron chi connectivity index (χ1n) is 42.9. The average Bonchev–Trinajstić information content (AvgIpc) is 1.07. The molecule has 0 amide bonds. The van der Waals surface area contributed by atoms with Crippen LogP contribution < -0.4 is 26.2 Å². The summed E-state index contributed by atoms with van der Waals surface area (Å²) in [4.78, 5) is 4.38. The lowest BCUT2D eigenvalue weighted by molar-refractivity contribution is 0.411. The summed E-state index contributed by atoms with van der Waals surface area (Å²) >= 11 is 0. The van der Waals surface area contributed by atoms with E-state index in [0.29, 0.717) is 101 Å². The molecule has 13 aromatic carbocycles. The van der Waals surface area contributed by atoms with Crippen LogP contribution in [0.25, 0.3) is 99.5 Å². The van der Waals surface area contributed by atoms with Gasteiger partial charge >= 0.3 is 0 Å². The van der Waals surface area contributed by atoms with Gasteiger partial charge in [-0.25, -0.2) is 0 Å². The van der Waals surface area contributed by atoms with Crippen LogP contribution in [0.5, 0.6) is 0 Å². The number of para-hydroxylation sites is 4. The van der Waals surface area contributed by atoms with Crippen molar-refractivity contribution in [3.05, 3.63) is 307 Å². The molecule has 2 aliphatic heterocycles. The molecule has 2 aromatic heterocycles. The zero-order valence-corrected chi connectivity index (χ0v) is 55.3. The summed E-state index contributed by atoms with van der Waals surface area (Å²) in [7, 11) is 0. The molecule has 0 aliphatic carbocycles. The monoisotopic (exact) mass is 1270 g/mol. The SMILES string of the molecule is [2H]c1c([2H])c([2H])c2c(c1[2H])c1c([2H])c([2H])c([2H])c([2H])c1n2-c1ccc2c(c1)N(c1c(-c3ccccc3)cc(C([2H])([2H])C(C)(C)C)cc1-c1ccccc1)c1cc(C(C)(C)C)cc3c1B2c1ccc(-n2c4c([2H])c([2H])c([2H])c([2H])c4c4c([2H])c([2H])c([2H])c([2H])c42)cc1N3c1c(-c2ccccc2)cc(C([2H])([2H])C(C)(C)C)cc1-c1ccccc1. The number of hydrogen-bond donors (Lipinski definition) is 0. The molecule has 15 aromatic rings. The fourth-order valence-electron chi connectivity index (χ4n) is 14.6. The van der Waals surface area contributed by atoms with Crippen molar-refractivity contribution >= 4 is 101 Å². The van der Waals surface area contributed by atoms with E-state index in [4.69, 9.17) is 5.48 Å². The maximum Gasteiger partial charge on any atom is 0.252 e. The van der Waals surface area contributed by atoms with Crippen molar-refractivity contribution < 1.29 is 27.4 Å². The van der Waals surface area contributed by atoms with Crippen LogP contribution in [0.4, 0.5) is 34.1 Å². The normalized spacial score (nSPS) is 16.2. The van der Waals surface area contributed by atoms with Crippen molar-refractivity contribution in [3.63, 3.8) is 0 Å². The predicted octanol–water partition coefficient (Wildman–Crippen LogP) is 23.1. The largest absolute Gasteiger partial charge is 0.310 e. The van der Waals surface area contributed by atoms with Crippen LogP contribution in [-0.4, -0.2) is 15.8 Å². The number of benzene rings is 13. The first kappa shape index (κ1) is 41.8. The minimum absolute atomic E-state index is 0.109. The fraction of sp³-hybridized carbons (Fsp3) is 0.152. The Bertz CT molecular complexity index is 6110. The van der Waals surface area contributed by atoms with Gasteiger partial charge in [0.25, 0.3) is 6.71 Å². The summed E-state index contributed by atoms with van der Waals surface area (Å²) in [5.41, 5.74) is 9.44. The third-order valence-electron chi connectivity index (χ3n) is 18.5. The first-order chi connectivity index (χ1) is 55.2. The highest BCUT2D eigenvalue weighted by Crippen LogP contribution is 2.55. The van der Waals surface area contributed by atoms with Gasteiger partial charge in [-0.05, 0) is 169 Å². The summed E-state index contributed by atoms with van der Waals surface area (Å²) < 4.78 is 195. The molecule has 0 atom stereocenters. The number of rotatable bonds is 10. The number of aromatic nitrogens is 2. The third kappa shape index (κ3) is 10.3. The molecule has 0 bridgehead atoms. The molecule has 470 valence electrons. The van der Waals surface area contributed by atoms with Gasteiger partial charge in [0.2, 0.25) is 0 Å². The zero-order chi connectivity index (χ0) is 83.6. The number of fused-ring (bicyclic) bond motifs is 10. The highest BCUT2D eigenvalue weighted by atomic mass is 15.2. The van der Waals surface area contributed by atoms with E-state index in [1.165, 1.54) is 9.13 Å². The molecule has 97 heavy (non-hydrogen) atoms. The highest BCUT2D eigenvalue weighted by Gasteiger charge is 2.46. The second-order valence-corrected chi connectivity index (χ2v) is 28.4. The van der Waals surface area contributed by atoms with E-state index in [0.717, 1.165) is 11.0 Å². The molecule has 2 aliphatic rings. The molecule has 0 radical (unpaired) electrons. The highest BCUT2D eigenvalue weighted by molar-refractivity contribution is 7.00. The molecule has 0 fully saturated rings. The molecule has 0 saturated heterocycles. The van der Waals surface area contributed by atoms with Crippen molar-refractivity contribution in [2.24, 2.45) is 10.8 Å². The lowest BCUT2D eigenvalue weighted by atomic mass is 9.33. The van der Waals surface area contributed by atoms with E-state index in [1.54, 1.807) is 12.1 Å². The zero-order valence-electron chi connectivity index (χ0n) is 75.3. The molecule has 0 spiro atoms. The van der Waals surface area contributed by atoms with E-state index < -0.39 is 132 Å². The van der Waals surface area contributed by atoms with Crippen LogP contribution in [-0.2, 0) is 18.2 Å². The Morgan fingerprint density at radius 2 is 0.639 bits per heavy atom. The van der Waals surface area contributed by atoms with Gasteiger partial charge in [-0.15, -0.1) is 0 Å². The second kappa shape index (κ2) is 22.9. The number of nitrogens with zero attached hydrogens (tertiary/aromatic N) is 4. The van der Waals surface area contributed by atoms with Gasteiger partial charge in [-0.1, -0.05) is 268 Å². The second-order valence-electron chi connectivity index (χ2n) is 28.4. The topological polar surface area (TPSA) is 16.3 Å². The Morgan fingerprint density at radius 1 is 0.340 bits per heavy atom. The smallest absolute Gasteiger partial charge is 0.252 e. The van der Waals surface area contributed by atoms with Crippen molar-refractivity contribution in [2.75, 3.05) is 9.80 Å². The number of hydrogen-bond acceptors (Lipinski definition) is 2. The summed E-state index contributed by atoms with van der Waals surface area (Å²) in [6.07, 6.45) is -3.98. The van der Waals surface area contributed by atoms with Gasteiger partial charge in [-0.2, -0.15) is 0 Å². The quantitative estimate of drug-likeness (QED) is 0.127. The Hall–Kier alpha value is -10.9. The summed E-state index contributed by atoms with van der Waals surface area (Å²) in [5, 5.41) is -0.490. The summed E-state index contributed by atoms with van der Waals surface area (Å²) in [6, 6.07) is 53.3. The van der Waals surface area contributed by atoms with E-state index in [-0.39, 0.29) is 55.0 Å². The Kier molecular flexibility index (Phi) is 9.89. The van der Waals surface area contributed by atoms with Gasteiger partial charge < -0.3 is 18.9 Å². The summed E-state index contributed by atoms with van der Waals surface area (Å²) in [6.45, 7) is 16.7. The molecule has 4 heterocycles. The molecule has 4 nitrogen and oxygen atoms in total. The minimum atomic E-state index is -1.99.